The molecular formula is C17H18O. The van der Waals surface area contributed by atoms with Crippen LogP contribution in [0.5, 0.6) is 0 Å². The SMILES string of the molecule is Cc1ccc2c(c1)Cc1c-2ccc(C)c1CCO. The van der Waals surface area contributed by atoms with Gasteiger partial charge in [0.05, 0.1) is 0 Å². The predicted molar refractivity (Wildman–Crippen MR) is 74.9 cm³/mol. The Bertz CT molecular complexity index is 611. The highest BCUT2D eigenvalue weighted by Gasteiger charge is 2.21. The number of rotatable bonds is 2. The van der Waals surface area contributed by atoms with Crippen LogP contribution in [0.15, 0.2) is 30.3 Å². The van der Waals surface area contributed by atoms with Crippen LogP contribution in [0.2, 0.25) is 0 Å². The molecule has 2 aromatic carbocycles. The zero-order chi connectivity index (χ0) is 12.7. The molecule has 0 bridgehead atoms. The molecule has 0 aliphatic heterocycles. The zero-order valence-electron chi connectivity index (χ0n) is 11.0. The van der Waals surface area contributed by atoms with Gasteiger partial charge >= 0.3 is 0 Å². The van der Waals surface area contributed by atoms with E-state index in [9.17, 15) is 5.11 Å². The molecule has 0 spiro atoms. The van der Waals surface area contributed by atoms with Crippen LogP contribution in [0.25, 0.3) is 11.1 Å². The molecule has 2 aromatic rings. The summed E-state index contributed by atoms with van der Waals surface area (Å²) in [5.41, 5.74) is 9.53. The quantitative estimate of drug-likeness (QED) is 0.725. The smallest absolute Gasteiger partial charge is 0.0471 e. The fourth-order valence-electron chi connectivity index (χ4n) is 3.05. The minimum atomic E-state index is 0.229. The summed E-state index contributed by atoms with van der Waals surface area (Å²) in [5, 5.41) is 9.24. The summed E-state index contributed by atoms with van der Waals surface area (Å²) < 4.78 is 0. The molecule has 0 radical (unpaired) electrons. The third-order valence-electron chi connectivity index (χ3n) is 3.95. The van der Waals surface area contributed by atoms with Gasteiger partial charge in [-0.2, -0.15) is 0 Å². The van der Waals surface area contributed by atoms with Gasteiger partial charge in [0.25, 0.3) is 0 Å². The number of aliphatic hydroxyl groups is 1. The van der Waals surface area contributed by atoms with E-state index in [4.69, 9.17) is 0 Å². The molecule has 3 rings (SSSR count). The molecule has 1 N–H and O–H groups in total. The first-order chi connectivity index (χ1) is 8.70. The maximum absolute atomic E-state index is 9.24. The molecule has 0 fully saturated rings. The molecule has 0 amide bonds. The molecule has 1 aliphatic rings. The van der Waals surface area contributed by atoms with Crippen molar-refractivity contribution in [2.75, 3.05) is 6.61 Å². The van der Waals surface area contributed by atoms with Crippen molar-refractivity contribution in [1.82, 2.24) is 0 Å². The van der Waals surface area contributed by atoms with Crippen LogP contribution in [0.1, 0.15) is 27.8 Å². The summed E-state index contributed by atoms with van der Waals surface area (Å²) in [7, 11) is 0. The van der Waals surface area contributed by atoms with Gasteiger partial charge in [-0.1, -0.05) is 35.9 Å². The first-order valence-corrected chi connectivity index (χ1v) is 6.53. The standard InChI is InChI=1S/C17H18O/c1-11-3-5-15-13(9-11)10-17-14(7-8-18)12(2)4-6-16(15)17/h3-6,9,18H,7-8,10H2,1-2H3. The average Bonchev–Trinajstić information content (AvgIpc) is 2.70. The molecule has 0 saturated carbocycles. The topological polar surface area (TPSA) is 20.2 Å². The highest BCUT2D eigenvalue weighted by molar-refractivity contribution is 5.78. The van der Waals surface area contributed by atoms with Gasteiger partial charge in [-0.3, -0.25) is 0 Å². The van der Waals surface area contributed by atoms with E-state index in [0.717, 1.165) is 12.8 Å². The Labute approximate surface area is 108 Å². The Morgan fingerprint density at radius 1 is 1.06 bits per heavy atom. The molecule has 1 heteroatoms. The average molecular weight is 238 g/mol. The molecule has 0 unspecified atom stereocenters. The van der Waals surface area contributed by atoms with Gasteiger partial charge in [0, 0.05) is 6.61 Å². The molecule has 0 aromatic heterocycles. The molecule has 92 valence electrons. The largest absolute Gasteiger partial charge is 0.396 e. The van der Waals surface area contributed by atoms with E-state index in [-0.39, 0.29) is 6.61 Å². The third kappa shape index (κ3) is 1.67. The first-order valence-electron chi connectivity index (χ1n) is 6.53. The van der Waals surface area contributed by atoms with Crippen LogP contribution in [0.3, 0.4) is 0 Å². The van der Waals surface area contributed by atoms with E-state index in [1.54, 1.807) is 0 Å². The van der Waals surface area contributed by atoms with Gasteiger partial charge in [-0.05, 0) is 60.1 Å². The minimum absolute atomic E-state index is 0.229. The van der Waals surface area contributed by atoms with E-state index in [1.807, 2.05) is 0 Å². The molecule has 0 saturated heterocycles. The fourth-order valence-corrected chi connectivity index (χ4v) is 3.05. The highest BCUT2D eigenvalue weighted by atomic mass is 16.2. The van der Waals surface area contributed by atoms with Crippen molar-refractivity contribution in [3.05, 3.63) is 58.1 Å². The Kier molecular flexibility index (Phi) is 2.71. The normalized spacial score (nSPS) is 12.4. The van der Waals surface area contributed by atoms with Crippen LogP contribution in [-0.4, -0.2) is 11.7 Å². The summed E-state index contributed by atoms with van der Waals surface area (Å²) in [6.07, 6.45) is 1.78. The molecular weight excluding hydrogens is 220 g/mol. The van der Waals surface area contributed by atoms with Crippen molar-refractivity contribution in [3.63, 3.8) is 0 Å². The van der Waals surface area contributed by atoms with Crippen molar-refractivity contribution < 1.29 is 5.11 Å². The summed E-state index contributed by atoms with van der Waals surface area (Å²) in [4.78, 5) is 0. The Morgan fingerprint density at radius 3 is 2.61 bits per heavy atom. The van der Waals surface area contributed by atoms with Crippen LogP contribution >= 0.6 is 0 Å². The van der Waals surface area contributed by atoms with Gasteiger partial charge in [0.1, 0.15) is 0 Å². The number of aliphatic hydroxyl groups excluding tert-OH is 1. The van der Waals surface area contributed by atoms with Crippen LogP contribution in [0.4, 0.5) is 0 Å². The van der Waals surface area contributed by atoms with Crippen molar-refractivity contribution in [2.24, 2.45) is 0 Å². The fraction of sp³-hybridized carbons (Fsp3) is 0.294. The number of fused-ring (bicyclic) bond motifs is 3. The van der Waals surface area contributed by atoms with Crippen molar-refractivity contribution in [1.29, 1.82) is 0 Å². The first kappa shape index (κ1) is 11.5. The summed E-state index contributed by atoms with van der Waals surface area (Å²) >= 11 is 0. The lowest BCUT2D eigenvalue weighted by atomic mass is 9.95. The lowest BCUT2D eigenvalue weighted by Gasteiger charge is -2.11. The lowest BCUT2D eigenvalue weighted by Crippen LogP contribution is -1.99. The van der Waals surface area contributed by atoms with Gasteiger partial charge in [0.2, 0.25) is 0 Å². The van der Waals surface area contributed by atoms with Gasteiger partial charge < -0.3 is 5.11 Å². The monoisotopic (exact) mass is 238 g/mol. The Balaban J connectivity index is 2.18. The van der Waals surface area contributed by atoms with E-state index in [1.165, 1.54) is 38.9 Å². The van der Waals surface area contributed by atoms with Gasteiger partial charge in [-0.25, -0.2) is 0 Å². The number of benzene rings is 2. The van der Waals surface area contributed by atoms with Crippen molar-refractivity contribution in [3.8, 4) is 11.1 Å². The number of hydrogen-bond donors (Lipinski definition) is 1. The molecule has 0 atom stereocenters. The van der Waals surface area contributed by atoms with E-state index in [0.29, 0.717) is 0 Å². The second-order valence-corrected chi connectivity index (χ2v) is 5.20. The van der Waals surface area contributed by atoms with E-state index < -0.39 is 0 Å². The molecule has 1 nitrogen and oxygen atoms in total. The maximum Gasteiger partial charge on any atom is 0.0471 e. The zero-order valence-corrected chi connectivity index (χ0v) is 11.0. The lowest BCUT2D eigenvalue weighted by molar-refractivity contribution is 0.299. The van der Waals surface area contributed by atoms with Crippen LogP contribution in [-0.2, 0) is 12.8 Å². The predicted octanol–water partition coefficient (Wildman–Crippen LogP) is 3.41. The van der Waals surface area contributed by atoms with Crippen LogP contribution in [0, 0.1) is 13.8 Å². The van der Waals surface area contributed by atoms with E-state index in [2.05, 4.69) is 44.2 Å². The second kappa shape index (κ2) is 4.25. The van der Waals surface area contributed by atoms with Gasteiger partial charge in [-0.15, -0.1) is 0 Å². The molecule has 0 heterocycles. The maximum atomic E-state index is 9.24. The summed E-state index contributed by atoms with van der Waals surface area (Å²) in [5.74, 6) is 0. The minimum Gasteiger partial charge on any atom is -0.396 e. The van der Waals surface area contributed by atoms with Crippen molar-refractivity contribution in [2.45, 2.75) is 26.7 Å². The molecule has 1 aliphatic carbocycles. The van der Waals surface area contributed by atoms with E-state index >= 15 is 0 Å². The second-order valence-electron chi connectivity index (χ2n) is 5.20. The number of aryl methyl sites for hydroxylation is 2. The molecule has 18 heavy (non-hydrogen) atoms. The highest BCUT2D eigenvalue weighted by Crippen LogP contribution is 2.39. The Hall–Kier alpha value is -1.60. The third-order valence-corrected chi connectivity index (χ3v) is 3.95. The van der Waals surface area contributed by atoms with Gasteiger partial charge in [0.15, 0.2) is 0 Å². The van der Waals surface area contributed by atoms with Crippen molar-refractivity contribution >= 4 is 0 Å². The summed E-state index contributed by atoms with van der Waals surface area (Å²) in [6, 6.07) is 11.1. The summed E-state index contributed by atoms with van der Waals surface area (Å²) in [6.45, 7) is 4.51. The number of hydrogen-bond acceptors (Lipinski definition) is 1. The Morgan fingerprint density at radius 2 is 1.83 bits per heavy atom. The van der Waals surface area contributed by atoms with Crippen LogP contribution < -0.4 is 0 Å².